The lowest BCUT2D eigenvalue weighted by Gasteiger charge is -2.22. The predicted octanol–water partition coefficient (Wildman–Crippen LogP) is 2.61. The lowest BCUT2D eigenvalue weighted by Crippen LogP contribution is -2.23. The van der Waals surface area contributed by atoms with Crippen LogP contribution in [0.5, 0.6) is 0 Å². The van der Waals surface area contributed by atoms with Gasteiger partial charge in [0.05, 0.1) is 23.8 Å². The molecule has 0 aromatic carbocycles. The van der Waals surface area contributed by atoms with Gasteiger partial charge in [0.1, 0.15) is 0 Å². The summed E-state index contributed by atoms with van der Waals surface area (Å²) in [4.78, 5) is 6.46. The highest BCUT2D eigenvalue weighted by atomic mass is 15.1. The van der Waals surface area contributed by atoms with Gasteiger partial charge in [-0.05, 0) is 12.0 Å². The van der Waals surface area contributed by atoms with Crippen molar-refractivity contribution >= 4 is 11.4 Å². The lowest BCUT2D eigenvalue weighted by atomic mass is 10.1. The van der Waals surface area contributed by atoms with Crippen molar-refractivity contribution in [1.82, 2.24) is 4.98 Å². The normalized spacial score (nSPS) is 12.3. The molecule has 1 unspecified atom stereocenters. The molecule has 0 fully saturated rings. The zero-order valence-electron chi connectivity index (χ0n) is 10.1. The van der Waals surface area contributed by atoms with Gasteiger partial charge in [-0.25, -0.2) is 0 Å². The molecule has 0 spiro atoms. The first kappa shape index (κ1) is 11.8. The Morgan fingerprint density at radius 2 is 2.20 bits per heavy atom. The van der Waals surface area contributed by atoms with Crippen LogP contribution in [0.3, 0.4) is 0 Å². The molecular formula is C12H21N3. The highest BCUT2D eigenvalue weighted by Gasteiger charge is 2.06. The van der Waals surface area contributed by atoms with Crippen molar-refractivity contribution in [3.63, 3.8) is 0 Å². The number of nitrogens with one attached hydrogen (secondary N) is 1. The molecule has 15 heavy (non-hydrogen) atoms. The smallest absolute Gasteiger partial charge is 0.0570 e. The maximum Gasteiger partial charge on any atom is 0.0570 e. The lowest BCUT2D eigenvalue weighted by molar-refractivity contribution is 0.559. The van der Waals surface area contributed by atoms with Crippen molar-refractivity contribution in [2.24, 2.45) is 5.92 Å². The Balaban J connectivity index is 2.68. The molecule has 0 aliphatic heterocycles. The van der Waals surface area contributed by atoms with Crippen molar-refractivity contribution in [3.8, 4) is 0 Å². The Morgan fingerprint density at radius 1 is 1.47 bits per heavy atom. The Kier molecular flexibility index (Phi) is 4.40. The van der Waals surface area contributed by atoms with E-state index in [1.165, 1.54) is 12.1 Å². The molecule has 0 radical (unpaired) electrons. The third kappa shape index (κ3) is 3.42. The molecule has 0 amide bonds. The Labute approximate surface area is 92.5 Å². The van der Waals surface area contributed by atoms with Crippen molar-refractivity contribution in [2.75, 3.05) is 30.9 Å². The first-order valence-electron chi connectivity index (χ1n) is 5.51. The molecule has 1 heterocycles. The van der Waals surface area contributed by atoms with E-state index >= 15 is 0 Å². The monoisotopic (exact) mass is 207 g/mol. The molecule has 0 aliphatic rings. The van der Waals surface area contributed by atoms with Crippen LogP contribution >= 0.6 is 0 Å². The summed E-state index contributed by atoms with van der Waals surface area (Å²) in [5.41, 5.74) is 2.23. The van der Waals surface area contributed by atoms with Crippen molar-refractivity contribution in [2.45, 2.75) is 20.3 Å². The van der Waals surface area contributed by atoms with Crippen molar-refractivity contribution < 1.29 is 0 Å². The number of pyridine rings is 1. The van der Waals surface area contributed by atoms with Gasteiger partial charge in [-0.2, -0.15) is 0 Å². The fourth-order valence-corrected chi connectivity index (χ4v) is 1.48. The van der Waals surface area contributed by atoms with Crippen LogP contribution in [0.15, 0.2) is 18.5 Å². The van der Waals surface area contributed by atoms with Crippen molar-refractivity contribution in [1.29, 1.82) is 0 Å². The molecule has 0 bridgehead atoms. The number of hydrogen-bond acceptors (Lipinski definition) is 3. The molecule has 1 rings (SSSR count). The Bertz CT molecular complexity index is 299. The molecule has 1 atom stereocenters. The fraction of sp³-hybridized carbons (Fsp3) is 0.583. The van der Waals surface area contributed by atoms with Gasteiger partial charge >= 0.3 is 0 Å². The van der Waals surface area contributed by atoms with E-state index < -0.39 is 0 Å². The molecule has 3 nitrogen and oxygen atoms in total. The summed E-state index contributed by atoms with van der Waals surface area (Å²) in [7, 11) is 4.03. The first-order valence-corrected chi connectivity index (χ1v) is 5.51. The zero-order valence-corrected chi connectivity index (χ0v) is 10.1. The molecule has 1 N–H and O–H groups in total. The number of nitrogens with zero attached hydrogens (tertiary/aromatic N) is 2. The second-order valence-corrected chi connectivity index (χ2v) is 4.08. The number of hydrogen-bond donors (Lipinski definition) is 1. The van der Waals surface area contributed by atoms with E-state index in [-0.39, 0.29) is 0 Å². The van der Waals surface area contributed by atoms with Gasteiger partial charge in [0.2, 0.25) is 0 Å². The SMILES string of the molecule is CCC(C)CN(C)c1cncc(NC)c1. The van der Waals surface area contributed by atoms with Gasteiger partial charge in [-0.3, -0.25) is 4.98 Å². The summed E-state index contributed by atoms with van der Waals surface area (Å²) in [6.07, 6.45) is 4.95. The summed E-state index contributed by atoms with van der Waals surface area (Å²) >= 11 is 0. The number of aromatic nitrogens is 1. The van der Waals surface area contributed by atoms with Crippen LogP contribution < -0.4 is 10.2 Å². The average Bonchev–Trinajstić information content (AvgIpc) is 2.28. The summed E-state index contributed by atoms with van der Waals surface area (Å²) in [5.74, 6) is 0.716. The van der Waals surface area contributed by atoms with Crippen LogP contribution in [-0.2, 0) is 0 Å². The average molecular weight is 207 g/mol. The number of rotatable bonds is 5. The highest BCUT2D eigenvalue weighted by Crippen LogP contribution is 2.17. The number of anilines is 2. The van der Waals surface area contributed by atoms with E-state index in [4.69, 9.17) is 0 Å². The molecule has 1 aromatic rings. The molecule has 84 valence electrons. The summed E-state index contributed by atoms with van der Waals surface area (Å²) in [6.45, 7) is 5.57. The van der Waals surface area contributed by atoms with E-state index in [0.29, 0.717) is 5.92 Å². The van der Waals surface area contributed by atoms with Crippen LogP contribution in [-0.4, -0.2) is 25.6 Å². The van der Waals surface area contributed by atoms with Crippen LogP contribution in [0.2, 0.25) is 0 Å². The standard InChI is InChI=1S/C12H21N3/c1-5-10(2)9-15(4)12-6-11(13-3)7-14-8-12/h6-8,10,13H,5,9H2,1-4H3. The fourth-order valence-electron chi connectivity index (χ4n) is 1.48. The molecular weight excluding hydrogens is 186 g/mol. The van der Waals surface area contributed by atoms with Gasteiger partial charge in [0.25, 0.3) is 0 Å². The largest absolute Gasteiger partial charge is 0.387 e. The first-order chi connectivity index (χ1) is 7.17. The van der Waals surface area contributed by atoms with E-state index in [9.17, 15) is 0 Å². The quantitative estimate of drug-likeness (QED) is 0.804. The van der Waals surface area contributed by atoms with Crippen molar-refractivity contribution in [3.05, 3.63) is 18.5 Å². The Morgan fingerprint density at radius 3 is 2.80 bits per heavy atom. The van der Waals surface area contributed by atoms with Crippen LogP contribution in [0, 0.1) is 5.92 Å². The third-order valence-electron chi connectivity index (χ3n) is 2.74. The van der Waals surface area contributed by atoms with E-state index in [2.05, 4.69) is 42.2 Å². The second-order valence-electron chi connectivity index (χ2n) is 4.08. The van der Waals surface area contributed by atoms with Gasteiger partial charge in [0, 0.05) is 20.6 Å². The van der Waals surface area contributed by atoms with Gasteiger partial charge in [-0.15, -0.1) is 0 Å². The van der Waals surface area contributed by atoms with Crippen LogP contribution in [0.25, 0.3) is 0 Å². The maximum atomic E-state index is 4.21. The third-order valence-corrected chi connectivity index (χ3v) is 2.74. The summed E-state index contributed by atoms with van der Waals surface area (Å²) in [6, 6.07) is 2.12. The molecule has 0 saturated heterocycles. The van der Waals surface area contributed by atoms with Gasteiger partial charge in [-0.1, -0.05) is 20.3 Å². The van der Waals surface area contributed by atoms with Gasteiger partial charge < -0.3 is 10.2 Å². The van der Waals surface area contributed by atoms with Gasteiger partial charge in [0.15, 0.2) is 0 Å². The molecule has 1 aromatic heterocycles. The van der Waals surface area contributed by atoms with Crippen LogP contribution in [0.1, 0.15) is 20.3 Å². The maximum absolute atomic E-state index is 4.21. The summed E-state index contributed by atoms with van der Waals surface area (Å²) < 4.78 is 0. The van der Waals surface area contributed by atoms with E-state index in [1.54, 1.807) is 0 Å². The predicted molar refractivity (Wildman–Crippen MR) is 66.5 cm³/mol. The minimum Gasteiger partial charge on any atom is -0.387 e. The minimum atomic E-state index is 0.716. The highest BCUT2D eigenvalue weighted by molar-refractivity contribution is 5.54. The molecule has 0 aliphatic carbocycles. The Hall–Kier alpha value is -1.25. The molecule has 3 heteroatoms. The summed E-state index contributed by atoms with van der Waals surface area (Å²) in [5, 5.41) is 3.10. The zero-order chi connectivity index (χ0) is 11.3. The van der Waals surface area contributed by atoms with Crippen LogP contribution in [0.4, 0.5) is 11.4 Å². The topological polar surface area (TPSA) is 28.2 Å². The van der Waals surface area contributed by atoms with E-state index in [1.807, 2.05) is 19.4 Å². The minimum absolute atomic E-state index is 0.716. The molecule has 0 saturated carbocycles. The second kappa shape index (κ2) is 5.59. The van der Waals surface area contributed by atoms with E-state index in [0.717, 1.165) is 12.2 Å².